The molecule has 0 saturated carbocycles. The molecule has 4 aliphatic heterocycles. The summed E-state index contributed by atoms with van der Waals surface area (Å²) in [6, 6.07) is 6.88. The summed E-state index contributed by atoms with van der Waals surface area (Å²) in [6.45, 7) is -4.72. The zero-order chi connectivity index (χ0) is 58.3. The van der Waals surface area contributed by atoms with Crippen molar-refractivity contribution in [2.24, 2.45) is 0 Å². The fourth-order valence-electron chi connectivity index (χ4n) is 8.39. The molecular formula is C34H60O38P6. The Balaban J connectivity index is 1.16. The van der Waals surface area contributed by atoms with Crippen molar-refractivity contribution in [3.63, 3.8) is 0 Å². The third kappa shape index (κ3) is 20.8. The fraction of sp³-hybridized carbons (Fsp3) is 0.824. The van der Waals surface area contributed by atoms with E-state index in [0.717, 1.165) is 11.1 Å². The van der Waals surface area contributed by atoms with Crippen LogP contribution >= 0.6 is 46.9 Å². The molecule has 5 rings (SSSR count). The highest BCUT2D eigenvalue weighted by Gasteiger charge is 2.58. The first-order valence-electron chi connectivity index (χ1n) is 22.5. The Morgan fingerprint density at radius 1 is 0.359 bits per heavy atom. The van der Waals surface area contributed by atoms with Crippen LogP contribution in [0.1, 0.15) is 24.0 Å². The summed E-state index contributed by atoms with van der Waals surface area (Å²) in [5.74, 6) is 0. The first kappa shape index (κ1) is 68.1. The van der Waals surface area contributed by atoms with Crippen LogP contribution in [-0.4, -0.2) is 240 Å². The summed E-state index contributed by atoms with van der Waals surface area (Å²) in [7, 11) is -33.2. The Morgan fingerprint density at radius 2 is 0.603 bits per heavy atom. The fourth-order valence-corrected chi connectivity index (χ4v) is 11.7. The molecule has 0 unspecified atom stereocenters. The van der Waals surface area contributed by atoms with Gasteiger partial charge in [-0.3, -0.25) is 27.1 Å². The van der Waals surface area contributed by atoms with Gasteiger partial charge in [-0.25, -0.2) is 27.4 Å². The van der Waals surface area contributed by atoms with Gasteiger partial charge in [-0.2, -0.15) is 0 Å². The predicted octanol–water partition coefficient (Wildman–Crippen LogP) is -5.19. The number of ether oxygens (including phenoxy) is 8. The number of aliphatic hydroxyl groups is 6. The van der Waals surface area contributed by atoms with Gasteiger partial charge in [-0.05, 0) is 36.8 Å². The first-order chi connectivity index (χ1) is 36.0. The standard InChI is InChI=1S/C34H60O38P6/c35-11-17-23(65-31-21(39)27(69-75(47,48)49)25(19(13-37)61-31)67-73(41,42)43)29(71-77(53,54)55)33(63-17)59-9-1-3-15-5-7-16(8-6-15)4-2-10-60-34-30(72-78(56,57)58)24(18(12-36)64-34)66-32-22(40)28(70-76(50,51)52)26(20(14-38)62-32)68-74(44,45)46/h5-8,17-40H,1-4,9-14H2,(H2,41,42,43)(H2,44,45,46)(H2,47,48,49)(H2,50,51,52)(H2,53,54,55)(H2,56,57,58)/t17-,18-,19-,20-,21-,22-,23-,24-,25-,26-,27-,28-,29-,30-,31-,32-,33-,34-/m1/s1. The average molecular weight is 1260 g/mol. The second-order valence-electron chi connectivity index (χ2n) is 17.2. The third-order valence-electron chi connectivity index (χ3n) is 11.4. The van der Waals surface area contributed by atoms with Crippen molar-refractivity contribution in [1.29, 1.82) is 0 Å². The van der Waals surface area contributed by atoms with E-state index in [2.05, 4.69) is 18.1 Å². The van der Waals surface area contributed by atoms with Crippen molar-refractivity contribution in [3.8, 4) is 0 Å². The van der Waals surface area contributed by atoms with Crippen molar-refractivity contribution in [2.45, 2.75) is 136 Å². The van der Waals surface area contributed by atoms with Crippen LogP contribution < -0.4 is 0 Å². The molecule has 4 fully saturated rings. The van der Waals surface area contributed by atoms with E-state index in [4.69, 9.17) is 46.9 Å². The molecule has 38 nitrogen and oxygen atoms in total. The van der Waals surface area contributed by atoms with E-state index in [-0.39, 0.29) is 26.1 Å². The van der Waals surface area contributed by atoms with Gasteiger partial charge in [0.2, 0.25) is 0 Å². The van der Waals surface area contributed by atoms with E-state index in [9.17, 15) is 117 Å². The van der Waals surface area contributed by atoms with Crippen LogP contribution in [0.25, 0.3) is 0 Å². The number of aryl methyl sites for hydroxylation is 2. The number of hydrogen-bond acceptors (Lipinski definition) is 26. The number of hydrogen-bond donors (Lipinski definition) is 18. The zero-order valence-corrected chi connectivity index (χ0v) is 45.0. The smallest absolute Gasteiger partial charge is 0.394 e. The molecule has 0 bridgehead atoms. The molecule has 4 aliphatic rings. The molecule has 0 amide bonds. The average Bonchev–Trinajstić information content (AvgIpc) is 3.82. The van der Waals surface area contributed by atoms with Gasteiger partial charge in [0.25, 0.3) is 0 Å². The number of phosphoric acid groups is 6. The Morgan fingerprint density at radius 3 is 0.872 bits per heavy atom. The van der Waals surface area contributed by atoms with Gasteiger partial charge in [0.1, 0.15) is 85.5 Å². The van der Waals surface area contributed by atoms with Crippen LogP contribution in [0.5, 0.6) is 0 Å². The molecule has 18 atom stereocenters. The third-order valence-corrected chi connectivity index (χ3v) is 14.5. The molecule has 18 N–H and O–H groups in total. The molecule has 1 aromatic rings. The number of aliphatic hydroxyl groups excluding tert-OH is 6. The summed E-state index contributed by atoms with van der Waals surface area (Å²) < 4.78 is 143. The largest absolute Gasteiger partial charge is 0.470 e. The SMILES string of the molecule is O=P(O)(O)O[C@@H]1[C@@H](O)[C@@H](O[C@H]2[C@@H](OP(=O)(O)O)[C@H](OCCCc3ccc(CCCO[C@@H]4O[C@H](CO)[C@@H](O[C@H]5O[C@H](CO)[C@@H](OP(=O)(O)O)[C@H](OP(=O)(O)O)[C@H]5O)[C@H]4OP(=O)(O)O)cc3)O[C@@H]2CO)O[C@H](CO)[C@H]1OP(=O)(O)O. The number of benzene rings is 1. The maximum absolute atomic E-state index is 12.1. The van der Waals surface area contributed by atoms with Crippen molar-refractivity contribution >= 4 is 46.9 Å². The van der Waals surface area contributed by atoms with E-state index >= 15 is 0 Å². The maximum Gasteiger partial charge on any atom is 0.470 e. The van der Waals surface area contributed by atoms with E-state index < -0.39 is 184 Å². The Labute approximate surface area is 439 Å². The zero-order valence-electron chi connectivity index (χ0n) is 39.7. The van der Waals surface area contributed by atoms with Gasteiger partial charge in [0.15, 0.2) is 25.2 Å². The van der Waals surface area contributed by atoms with Crippen LogP contribution in [-0.2, 0) is 105 Å². The minimum Gasteiger partial charge on any atom is -0.394 e. The van der Waals surface area contributed by atoms with Crippen LogP contribution in [0.2, 0.25) is 0 Å². The second-order valence-corrected chi connectivity index (χ2v) is 24.4. The monoisotopic (exact) mass is 1260 g/mol. The highest BCUT2D eigenvalue weighted by molar-refractivity contribution is 7.47. The van der Waals surface area contributed by atoms with Gasteiger partial charge in [-0.15, -0.1) is 0 Å². The Kier molecular flexibility index (Phi) is 24.9. The molecule has 44 heteroatoms. The highest BCUT2D eigenvalue weighted by atomic mass is 31.2. The maximum atomic E-state index is 12.1. The summed E-state index contributed by atoms with van der Waals surface area (Å²) in [6.07, 6.45) is -35.5. The first-order valence-corrected chi connectivity index (χ1v) is 31.7. The molecule has 454 valence electrons. The summed E-state index contributed by atoms with van der Waals surface area (Å²) in [5, 5.41) is 62.0. The quantitative estimate of drug-likeness (QED) is 0.0253. The Bertz CT molecular complexity index is 2180. The van der Waals surface area contributed by atoms with Crippen LogP contribution in [0.15, 0.2) is 24.3 Å². The topological polar surface area (TPSA) is 596 Å². The minimum absolute atomic E-state index is 0.204. The van der Waals surface area contributed by atoms with Crippen LogP contribution in [0, 0.1) is 0 Å². The summed E-state index contributed by atoms with van der Waals surface area (Å²) in [5.41, 5.74) is 1.47. The lowest BCUT2D eigenvalue weighted by Gasteiger charge is -2.44. The molecule has 0 radical (unpaired) electrons. The summed E-state index contributed by atoms with van der Waals surface area (Å²) >= 11 is 0. The lowest BCUT2D eigenvalue weighted by Crippen LogP contribution is -2.61. The van der Waals surface area contributed by atoms with Crippen molar-refractivity contribution in [2.75, 3.05) is 39.6 Å². The van der Waals surface area contributed by atoms with E-state index in [1.807, 2.05) is 0 Å². The minimum atomic E-state index is -5.60. The molecule has 1 aromatic carbocycles. The van der Waals surface area contributed by atoms with E-state index in [1.54, 1.807) is 24.3 Å². The number of phosphoric ester groups is 6. The van der Waals surface area contributed by atoms with Gasteiger partial charge in [-0.1, -0.05) is 24.3 Å². The lowest BCUT2D eigenvalue weighted by molar-refractivity contribution is -0.313. The van der Waals surface area contributed by atoms with Crippen molar-refractivity contribution < 1.29 is 182 Å². The molecule has 4 saturated heterocycles. The summed E-state index contributed by atoms with van der Waals surface area (Å²) in [4.78, 5) is 114. The molecule has 0 aliphatic carbocycles. The molecule has 78 heavy (non-hydrogen) atoms. The van der Waals surface area contributed by atoms with Gasteiger partial charge in [0, 0.05) is 0 Å². The van der Waals surface area contributed by atoms with Gasteiger partial charge in [0.05, 0.1) is 39.6 Å². The van der Waals surface area contributed by atoms with Gasteiger partial charge < -0.3 is 127 Å². The van der Waals surface area contributed by atoms with Crippen molar-refractivity contribution in [1.82, 2.24) is 0 Å². The van der Waals surface area contributed by atoms with Crippen LogP contribution in [0.3, 0.4) is 0 Å². The Hall–Kier alpha value is -0.680. The molecular weight excluding hydrogens is 1200 g/mol. The normalized spacial score (nSPS) is 34.6. The van der Waals surface area contributed by atoms with E-state index in [1.165, 1.54) is 0 Å². The number of rotatable bonds is 30. The second kappa shape index (κ2) is 28.5. The molecule has 0 spiro atoms. The van der Waals surface area contributed by atoms with E-state index in [0.29, 0.717) is 12.8 Å². The van der Waals surface area contributed by atoms with Crippen molar-refractivity contribution in [3.05, 3.63) is 35.4 Å². The van der Waals surface area contributed by atoms with Crippen LogP contribution in [0.4, 0.5) is 0 Å². The molecule has 0 aromatic heterocycles. The highest BCUT2D eigenvalue weighted by Crippen LogP contribution is 2.50. The van der Waals surface area contributed by atoms with Gasteiger partial charge >= 0.3 is 46.9 Å². The lowest BCUT2D eigenvalue weighted by atomic mass is 9.99. The molecule has 4 heterocycles. The predicted molar refractivity (Wildman–Crippen MR) is 241 cm³/mol.